The van der Waals surface area contributed by atoms with Crippen molar-refractivity contribution in [2.75, 3.05) is 25.0 Å². The number of aromatic nitrogens is 5. The summed E-state index contributed by atoms with van der Waals surface area (Å²) in [5, 5.41) is 4.41. The molecule has 3 rings (SSSR count). The van der Waals surface area contributed by atoms with Gasteiger partial charge in [-0.2, -0.15) is 5.10 Å². The highest BCUT2D eigenvalue weighted by Gasteiger charge is 2.26. The van der Waals surface area contributed by atoms with Crippen molar-refractivity contribution in [2.24, 2.45) is 0 Å². The summed E-state index contributed by atoms with van der Waals surface area (Å²) < 4.78 is 1.54. The van der Waals surface area contributed by atoms with Crippen molar-refractivity contribution >= 4 is 23.5 Å². The second kappa shape index (κ2) is 6.91. The highest BCUT2D eigenvalue weighted by Crippen LogP contribution is 2.20. The highest BCUT2D eigenvalue weighted by atomic mass is 35.5. The molecule has 8 nitrogen and oxygen atoms in total. The van der Waals surface area contributed by atoms with Gasteiger partial charge in [-0.1, -0.05) is 11.6 Å². The molecule has 0 spiro atoms. The van der Waals surface area contributed by atoms with Gasteiger partial charge in [-0.25, -0.2) is 19.6 Å². The van der Waals surface area contributed by atoms with Crippen molar-refractivity contribution in [3.05, 3.63) is 30.1 Å². The van der Waals surface area contributed by atoms with Gasteiger partial charge in [-0.05, 0) is 18.9 Å². The number of carbonyl (C=O) groups excluding carboxylic acids is 1. The maximum Gasteiger partial charge on any atom is 0.244 e. The molecular weight excluding hydrogens is 318 g/mol. The Kier molecular flexibility index (Phi) is 4.71. The summed E-state index contributed by atoms with van der Waals surface area (Å²) in [6, 6.07) is 1.87. The Bertz CT molecular complexity index is 655. The standard InChI is InChI=1S/C14H18ClN7O/c1-20(13(23)8-22-10-16-9-18-22)11-3-6-21(7-4-11)14-17-5-2-12(15)19-14/h2,5,9-11H,3-4,6-8H2,1H3. The SMILES string of the molecule is CN(C(=O)Cn1cncn1)C1CCN(c2nccc(Cl)n2)CC1. The van der Waals surface area contributed by atoms with Crippen molar-refractivity contribution in [1.82, 2.24) is 29.6 Å². The average molecular weight is 336 g/mol. The number of likely N-dealkylation sites (N-methyl/N-ethyl adjacent to an activating group) is 1. The van der Waals surface area contributed by atoms with Crippen molar-refractivity contribution in [2.45, 2.75) is 25.4 Å². The van der Waals surface area contributed by atoms with Gasteiger partial charge in [0.2, 0.25) is 11.9 Å². The average Bonchev–Trinajstić information content (AvgIpc) is 3.07. The minimum atomic E-state index is 0.0351. The molecule has 0 N–H and O–H groups in total. The third kappa shape index (κ3) is 3.76. The quantitative estimate of drug-likeness (QED) is 0.771. The first-order chi connectivity index (χ1) is 11.1. The molecule has 0 unspecified atom stereocenters. The second-order valence-corrected chi connectivity index (χ2v) is 5.88. The van der Waals surface area contributed by atoms with Crippen molar-refractivity contribution in [1.29, 1.82) is 0 Å². The molecule has 1 aliphatic heterocycles. The van der Waals surface area contributed by atoms with Gasteiger partial charge in [-0.3, -0.25) is 4.79 Å². The Labute approximate surface area is 139 Å². The Morgan fingerprint density at radius 3 is 2.87 bits per heavy atom. The number of rotatable bonds is 4. The van der Waals surface area contributed by atoms with E-state index < -0.39 is 0 Å². The number of hydrogen-bond donors (Lipinski definition) is 0. The molecule has 3 heterocycles. The molecule has 0 aliphatic carbocycles. The predicted octanol–water partition coefficient (Wildman–Crippen LogP) is 0.849. The number of piperidine rings is 1. The summed E-state index contributed by atoms with van der Waals surface area (Å²) in [4.78, 5) is 28.5. The Balaban J connectivity index is 1.54. The number of halogens is 1. The molecule has 1 saturated heterocycles. The minimum Gasteiger partial charge on any atom is -0.341 e. The van der Waals surface area contributed by atoms with Gasteiger partial charge in [0.1, 0.15) is 24.4 Å². The van der Waals surface area contributed by atoms with E-state index in [0.29, 0.717) is 11.1 Å². The molecule has 0 atom stereocenters. The van der Waals surface area contributed by atoms with Crippen LogP contribution in [0.4, 0.5) is 5.95 Å². The number of carbonyl (C=O) groups is 1. The van der Waals surface area contributed by atoms with Gasteiger partial charge in [0.05, 0.1) is 0 Å². The summed E-state index contributed by atoms with van der Waals surface area (Å²) in [6.45, 7) is 1.81. The molecule has 0 saturated carbocycles. The number of amides is 1. The molecule has 0 aromatic carbocycles. The summed E-state index contributed by atoms with van der Waals surface area (Å²) in [7, 11) is 1.84. The van der Waals surface area contributed by atoms with Crippen LogP contribution in [0.25, 0.3) is 0 Å². The Hall–Kier alpha value is -2.22. The van der Waals surface area contributed by atoms with Crippen molar-refractivity contribution < 1.29 is 4.79 Å². The van der Waals surface area contributed by atoms with Gasteiger partial charge in [-0.15, -0.1) is 0 Å². The van der Waals surface area contributed by atoms with Gasteiger partial charge in [0.15, 0.2) is 0 Å². The van der Waals surface area contributed by atoms with Gasteiger partial charge >= 0.3 is 0 Å². The van der Waals surface area contributed by atoms with Crippen LogP contribution in [0, 0.1) is 0 Å². The zero-order valence-corrected chi connectivity index (χ0v) is 13.6. The lowest BCUT2D eigenvalue weighted by Crippen LogP contribution is -2.47. The monoisotopic (exact) mass is 335 g/mol. The summed E-state index contributed by atoms with van der Waals surface area (Å²) in [6.07, 6.45) is 6.37. The number of hydrogen-bond acceptors (Lipinski definition) is 6. The molecule has 122 valence electrons. The van der Waals surface area contributed by atoms with Crippen LogP contribution in [-0.4, -0.2) is 61.7 Å². The van der Waals surface area contributed by atoms with Crippen LogP contribution in [0.3, 0.4) is 0 Å². The maximum atomic E-state index is 12.3. The lowest BCUT2D eigenvalue weighted by atomic mass is 10.0. The topological polar surface area (TPSA) is 80.0 Å². The summed E-state index contributed by atoms with van der Waals surface area (Å²) >= 11 is 5.91. The van der Waals surface area contributed by atoms with E-state index in [0.717, 1.165) is 25.9 Å². The molecule has 1 fully saturated rings. The Morgan fingerprint density at radius 2 is 2.22 bits per heavy atom. The smallest absolute Gasteiger partial charge is 0.244 e. The second-order valence-electron chi connectivity index (χ2n) is 5.50. The van der Waals surface area contributed by atoms with Crippen LogP contribution in [0.2, 0.25) is 5.15 Å². The van der Waals surface area contributed by atoms with Crippen LogP contribution >= 0.6 is 11.6 Å². The fourth-order valence-electron chi connectivity index (χ4n) is 2.70. The minimum absolute atomic E-state index is 0.0351. The molecule has 1 amide bonds. The third-order valence-electron chi connectivity index (χ3n) is 4.06. The number of nitrogens with zero attached hydrogens (tertiary/aromatic N) is 7. The van der Waals surface area contributed by atoms with Crippen LogP contribution in [0.15, 0.2) is 24.9 Å². The first-order valence-electron chi connectivity index (χ1n) is 7.45. The zero-order chi connectivity index (χ0) is 16.2. The Morgan fingerprint density at radius 1 is 1.43 bits per heavy atom. The predicted molar refractivity (Wildman–Crippen MR) is 85.1 cm³/mol. The van der Waals surface area contributed by atoms with Crippen LogP contribution in [0.1, 0.15) is 12.8 Å². The fourth-order valence-corrected chi connectivity index (χ4v) is 2.83. The zero-order valence-electron chi connectivity index (χ0n) is 12.8. The van der Waals surface area contributed by atoms with Crippen molar-refractivity contribution in [3.8, 4) is 0 Å². The van der Waals surface area contributed by atoms with E-state index in [2.05, 4.69) is 25.0 Å². The maximum absolute atomic E-state index is 12.3. The molecule has 9 heteroatoms. The fraction of sp³-hybridized carbons (Fsp3) is 0.500. The first-order valence-corrected chi connectivity index (χ1v) is 7.83. The van der Waals surface area contributed by atoms with E-state index in [9.17, 15) is 4.79 Å². The van der Waals surface area contributed by atoms with E-state index >= 15 is 0 Å². The first kappa shape index (κ1) is 15.7. The van der Waals surface area contributed by atoms with E-state index in [1.807, 2.05) is 7.05 Å². The normalized spacial score (nSPS) is 15.7. The molecule has 2 aromatic rings. The molecule has 23 heavy (non-hydrogen) atoms. The van der Waals surface area contributed by atoms with E-state index in [1.54, 1.807) is 23.5 Å². The molecule has 0 radical (unpaired) electrons. The van der Waals surface area contributed by atoms with Crippen LogP contribution in [0.5, 0.6) is 0 Å². The van der Waals surface area contributed by atoms with Gasteiger partial charge in [0.25, 0.3) is 0 Å². The molecular formula is C14H18ClN7O. The lowest BCUT2D eigenvalue weighted by Gasteiger charge is -2.36. The van der Waals surface area contributed by atoms with Crippen molar-refractivity contribution in [3.63, 3.8) is 0 Å². The lowest BCUT2D eigenvalue weighted by molar-refractivity contribution is -0.133. The molecule has 2 aromatic heterocycles. The molecule has 1 aliphatic rings. The van der Waals surface area contributed by atoms with Gasteiger partial charge < -0.3 is 9.80 Å². The highest BCUT2D eigenvalue weighted by molar-refractivity contribution is 6.29. The van der Waals surface area contributed by atoms with Gasteiger partial charge in [0, 0.05) is 32.4 Å². The van der Waals surface area contributed by atoms with Crippen LogP contribution < -0.4 is 4.90 Å². The number of anilines is 1. The van der Waals surface area contributed by atoms with Crippen LogP contribution in [-0.2, 0) is 11.3 Å². The van der Waals surface area contributed by atoms with E-state index in [4.69, 9.17) is 11.6 Å². The largest absolute Gasteiger partial charge is 0.341 e. The summed E-state index contributed by atoms with van der Waals surface area (Å²) in [5.74, 6) is 0.681. The molecule has 0 bridgehead atoms. The third-order valence-corrected chi connectivity index (χ3v) is 4.27. The summed E-state index contributed by atoms with van der Waals surface area (Å²) in [5.41, 5.74) is 0. The van der Waals surface area contributed by atoms with E-state index in [-0.39, 0.29) is 18.5 Å². The van der Waals surface area contributed by atoms with E-state index in [1.165, 1.54) is 11.0 Å².